The number of likely N-dealkylation sites (tertiary alicyclic amines) is 1. The Labute approximate surface area is 194 Å². The van der Waals surface area contributed by atoms with Crippen molar-refractivity contribution < 1.29 is 9.53 Å². The Morgan fingerprint density at radius 2 is 1.93 bits per heavy atom. The van der Waals surface area contributed by atoms with Crippen LogP contribution in [0.1, 0.15) is 53.9 Å². The maximum Gasteiger partial charge on any atom is 0.410 e. The van der Waals surface area contributed by atoms with E-state index in [-0.39, 0.29) is 30.1 Å². The van der Waals surface area contributed by atoms with Crippen LogP contribution >= 0.6 is 24.0 Å². The lowest BCUT2D eigenvalue weighted by atomic mass is 10.1. The molecule has 0 bridgehead atoms. The van der Waals surface area contributed by atoms with Crippen molar-refractivity contribution in [3.63, 3.8) is 0 Å². The molecular weight excluding hydrogens is 481 g/mol. The topological polar surface area (TPSA) is 69.2 Å². The van der Waals surface area contributed by atoms with E-state index in [9.17, 15) is 4.79 Å². The Morgan fingerprint density at radius 3 is 2.45 bits per heavy atom. The van der Waals surface area contributed by atoms with Gasteiger partial charge in [-0.3, -0.25) is 9.89 Å². The molecule has 0 spiro atoms. The molecule has 29 heavy (non-hydrogen) atoms. The van der Waals surface area contributed by atoms with Gasteiger partial charge in [0.1, 0.15) is 5.60 Å². The van der Waals surface area contributed by atoms with Gasteiger partial charge in [-0.1, -0.05) is 13.0 Å². The number of nitrogens with zero attached hydrogens (tertiary/aromatic N) is 3. The molecule has 1 saturated heterocycles. The number of carbonyl (C=O) groups is 1. The summed E-state index contributed by atoms with van der Waals surface area (Å²) in [7, 11) is 0. The highest BCUT2D eigenvalue weighted by Crippen LogP contribution is 2.11. The maximum absolute atomic E-state index is 12.4. The molecule has 7 nitrogen and oxygen atoms in total. The Morgan fingerprint density at radius 1 is 1.28 bits per heavy atom. The summed E-state index contributed by atoms with van der Waals surface area (Å²) in [5.74, 6) is 0.824. The molecule has 1 rings (SSSR count). The van der Waals surface area contributed by atoms with Crippen LogP contribution in [0.5, 0.6) is 0 Å². The molecule has 0 aromatic heterocycles. The fourth-order valence-corrected chi connectivity index (χ4v) is 3.13. The molecule has 0 aromatic rings. The van der Waals surface area contributed by atoms with Crippen molar-refractivity contribution in [1.82, 2.24) is 20.4 Å². The summed E-state index contributed by atoms with van der Waals surface area (Å²) in [6.45, 7) is 19.3. The van der Waals surface area contributed by atoms with E-state index in [4.69, 9.17) is 4.74 Å². The molecule has 0 aromatic carbocycles. The lowest BCUT2D eigenvalue weighted by molar-refractivity contribution is 0.0256. The van der Waals surface area contributed by atoms with Crippen molar-refractivity contribution in [3.8, 4) is 0 Å². The van der Waals surface area contributed by atoms with E-state index in [1.165, 1.54) is 0 Å². The zero-order valence-electron chi connectivity index (χ0n) is 19.0. The van der Waals surface area contributed by atoms with Gasteiger partial charge in [0.25, 0.3) is 0 Å². The van der Waals surface area contributed by atoms with Gasteiger partial charge in [-0.15, -0.1) is 30.6 Å². The molecule has 1 heterocycles. The molecule has 1 aliphatic heterocycles. The summed E-state index contributed by atoms with van der Waals surface area (Å²) in [6.07, 6.45) is 4.78. The molecule has 0 saturated carbocycles. The molecule has 170 valence electrons. The third-order valence-corrected chi connectivity index (χ3v) is 4.44. The van der Waals surface area contributed by atoms with Gasteiger partial charge in [0, 0.05) is 45.3 Å². The summed E-state index contributed by atoms with van der Waals surface area (Å²) in [4.78, 5) is 21.2. The number of carbonyl (C=O) groups excluding carboxylic acids is 1. The van der Waals surface area contributed by atoms with E-state index in [0.29, 0.717) is 25.7 Å². The highest BCUT2D eigenvalue weighted by molar-refractivity contribution is 14.0. The monoisotopic (exact) mass is 523 g/mol. The third-order valence-electron chi connectivity index (χ3n) is 4.44. The van der Waals surface area contributed by atoms with Crippen LogP contribution in [0.15, 0.2) is 17.6 Å². The van der Waals surface area contributed by atoms with E-state index < -0.39 is 5.60 Å². The lowest BCUT2D eigenvalue weighted by Crippen LogP contribution is -2.49. The molecule has 0 atom stereocenters. The summed E-state index contributed by atoms with van der Waals surface area (Å²) >= 11 is 0. The van der Waals surface area contributed by atoms with Crippen LogP contribution in [0.2, 0.25) is 0 Å². The molecule has 1 fully saturated rings. The van der Waals surface area contributed by atoms with Crippen molar-refractivity contribution in [2.45, 2.75) is 65.5 Å². The maximum atomic E-state index is 12.4. The SMILES string of the molecule is C=CCN1CCC(NC(=NCCN(CCC)C(=O)OC(C)(C)C)NCC)CC1.I. The van der Waals surface area contributed by atoms with Crippen LogP contribution in [0.25, 0.3) is 0 Å². The van der Waals surface area contributed by atoms with Crippen molar-refractivity contribution in [3.05, 3.63) is 12.7 Å². The molecule has 0 unspecified atom stereocenters. The van der Waals surface area contributed by atoms with E-state index in [1.54, 1.807) is 4.90 Å². The average Bonchev–Trinajstić information content (AvgIpc) is 2.61. The second-order valence-corrected chi connectivity index (χ2v) is 8.24. The van der Waals surface area contributed by atoms with Gasteiger partial charge in [0.05, 0.1) is 6.54 Å². The van der Waals surface area contributed by atoms with E-state index in [0.717, 1.165) is 51.4 Å². The van der Waals surface area contributed by atoms with Gasteiger partial charge in [-0.2, -0.15) is 0 Å². The Kier molecular flexibility index (Phi) is 14.3. The molecule has 1 amide bonds. The largest absolute Gasteiger partial charge is 0.444 e. The second-order valence-electron chi connectivity index (χ2n) is 8.24. The third kappa shape index (κ3) is 12.3. The average molecular weight is 524 g/mol. The minimum atomic E-state index is -0.483. The predicted molar refractivity (Wildman–Crippen MR) is 132 cm³/mol. The first kappa shape index (κ1) is 28.0. The van der Waals surface area contributed by atoms with Gasteiger partial charge in [0.15, 0.2) is 5.96 Å². The van der Waals surface area contributed by atoms with Crippen LogP contribution in [0.3, 0.4) is 0 Å². The molecule has 8 heteroatoms. The van der Waals surface area contributed by atoms with Gasteiger partial charge in [-0.05, 0) is 47.0 Å². The van der Waals surface area contributed by atoms with Crippen LogP contribution in [0, 0.1) is 0 Å². The van der Waals surface area contributed by atoms with Gasteiger partial charge in [-0.25, -0.2) is 4.79 Å². The number of aliphatic imine (C=N–C) groups is 1. The zero-order valence-corrected chi connectivity index (χ0v) is 21.3. The normalized spacial score (nSPS) is 16.0. The summed E-state index contributed by atoms with van der Waals surface area (Å²) in [5.41, 5.74) is -0.483. The fourth-order valence-electron chi connectivity index (χ4n) is 3.13. The number of ether oxygens (including phenoxy) is 1. The molecule has 1 aliphatic rings. The number of amides is 1. The first-order valence-electron chi connectivity index (χ1n) is 10.6. The number of hydrogen-bond donors (Lipinski definition) is 2. The summed E-state index contributed by atoms with van der Waals surface area (Å²) in [5, 5.41) is 6.86. The van der Waals surface area contributed by atoms with Crippen LogP contribution in [0.4, 0.5) is 4.79 Å². The Hall–Kier alpha value is -1.03. The molecular formula is C21H42IN5O2. The van der Waals surface area contributed by atoms with Crippen LogP contribution in [-0.2, 0) is 4.74 Å². The first-order chi connectivity index (χ1) is 13.3. The number of nitrogens with one attached hydrogen (secondary N) is 2. The van der Waals surface area contributed by atoms with E-state index >= 15 is 0 Å². The molecule has 0 radical (unpaired) electrons. The smallest absolute Gasteiger partial charge is 0.410 e. The Bertz CT molecular complexity index is 500. The first-order valence-corrected chi connectivity index (χ1v) is 10.6. The number of rotatable bonds is 9. The highest BCUT2D eigenvalue weighted by Gasteiger charge is 2.22. The van der Waals surface area contributed by atoms with Crippen LogP contribution < -0.4 is 10.6 Å². The van der Waals surface area contributed by atoms with Crippen molar-refractivity contribution in [1.29, 1.82) is 0 Å². The minimum absolute atomic E-state index is 0. The Balaban J connectivity index is 0.00000784. The standard InChI is InChI=1S/C21H41N5O2.HI/c1-7-13-25-15-10-18(11-16-25)24-19(22-9-3)23-12-17-26(14-8-2)20(27)28-21(4,5)6;/h7,18H,1,8-17H2,2-6H3,(H2,22,23,24);1H. The second kappa shape index (κ2) is 14.9. The minimum Gasteiger partial charge on any atom is -0.444 e. The lowest BCUT2D eigenvalue weighted by Gasteiger charge is -2.32. The zero-order chi connectivity index (χ0) is 21.0. The van der Waals surface area contributed by atoms with E-state index in [1.807, 2.05) is 26.8 Å². The van der Waals surface area contributed by atoms with Crippen molar-refractivity contribution in [2.75, 3.05) is 45.8 Å². The van der Waals surface area contributed by atoms with E-state index in [2.05, 4.69) is 41.0 Å². The van der Waals surface area contributed by atoms with Crippen molar-refractivity contribution in [2.24, 2.45) is 4.99 Å². The molecule has 2 N–H and O–H groups in total. The number of halogens is 1. The summed E-state index contributed by atoms with van der Waals surface area (Å²) in [6, 6.07) is 0.427. The molecule has 0 aliphatic carbocycles. The van der Waals surface area contributed by atoms with Gasteiger partial charge in [0.2, 0.25) is 0 Å². The van der Waals surface area contributed by atoms with Gasteiger partial charge < -0.3 is 20.3 Å². The highest BCUT2D eigenvalue weighted by atomic mass is 127. The number of guanidine groups is 1. The van der Waals surface area contributed by atoms with Crippen molar-refractivity contribution >= 4 is 36.0 Å². The predicted octanol–water partition coefficient (Wildman–Crippen LogP) is 3.46. The van der Waals surface area contributed by atoms with Crippen LogP contribution in [-0.4, -0.2) is 79.3 Å². The number of piperidine rings is 1. The fraction of sp³-hybridized carbons (Fsp3) is 0.810. The quantitative estimate of drug-likeness (QED) is 0.210. The number of hydrogen-bond acceptors (Lipinski definition) is 4. The van der Waals surface area contributed by atoms with Gasteiger partial charge >= 0.3 is 6.09 Å². The summed E-state index contributed by atoms with van der Waals surface area (Å²) < 4.78 is 5.50.